The van der Waals surface area contributed by atoms with Gasteiger partial charge in [0, 0.05) is 13.2 Å². The molecule has 0 aromatic carbocycles. The average Bonchev–Trinajstić information content (AvgIpc) is 2.17. The largest absolute Gasteiger partial charge is 0.383 e. The maximum absolute atomic E-state index is 11.8. The molecule has 0 bridgehead atoms. The molecule has 1 atom stereocenters. The van der Waals surface area contributed by atoms with Crippen LogP contribution < -0.4 is 10.0 Å². The van der Waals surface area contributed by atoms with Crippen LogP contribution in [-0.4, -0.2) is 47.0 Å². The summed E-state index contributed by atoms with van der Waals surface area (Å²) in [6.07, 6.45) is 1.89. The lowest BCUT2D eigenvalue weighted by Crippen LogP contribution is -2.40. The van der Waals surface area contributed by atoms with Crippen molar-refractivity contribution in [2.75, 3.05) is 32.6 Å². The van der Waals surface area contributed by atoms with Gasteiger partial charge in [0.1, 0.15) is 0 Å². The SMILES string of the molecule is COCC(C)NS(=O)(=O)CC1CCNCC1. The summed E-state index contributed by atoms with van der Waals surface area (Å²) in [7, 11) is -1.59. The van der Waals surface area contributed by atoms with E-state index in [1.54, 1.807) is 7.11 Å². The molecule has 2 N–H and O–H groups in total. The Hall–Kier alpha value is -0.170. The zero-order chi connectivity index (χ0) is 12.0. The minimum Gasteiger partial charge on any atom is -0.383 e. The van der Waals surface area contributed by atoms with Crippen LogP contribution in [0.3, 0.4) is 0 Å². The van der Waals surface area contributed by atoms with E-state index in [-0.39, 0.29) is 17.7 Å². The topological polar surface area (TPSA) is 67.4 Å². The van der Waals surface area contributed by atoms with Crippen LogP contribution in [0.2, 0.25) is 0 Å². The van der Waals surface area contributed by atoms with Gasteiger partial charge in [0.25, 0.3) is 0 Å². The first-order chi connectivity index (χ1) is 7.53. The maximum atomic E-state index is 11.8. The van der Waals surface area contributed by atoms with Crippen LogP contribution >= 0.6 is 0 Å². The van der Waals surface area contributed by atoms with E-state index in [2.05, 4.69) is 10.0 Å². The summed E-state index contributed by atoms with van der Waals surface area (Å²) < 4.78 is 31.1. The minimum absolute atomic E-state index is 0.156. The van der Waals surface area contributed by atoms with Crippen LogP contribution in [0.5, 0.6) is 0 Å². The number of hydrogen-bond donors (Lipinski definition) is 2. The molecule has 6 heteroatoms. The summed E-state index contributed by atoms with van der Waals surface area (Å²) in [5, 5.41) is 3.23. The van der Waals surface area contributed by atoms with E-state index < -0.39 is 10.0 Å². The van der Waals surface area contributed by atoms with Gasteiger partial charge in [0.05, 0.1) is 12.4 Å². The van der Waals surface area contributed by atoms with Crippen molar-refractivity contribution in [3.05, 3.63) is 0 Å². The molecule has 0 radical (unpaired) electrons. The summed E-state index contributed by atoms with van der Waals surface area (Å²) in [4.78, 5) is 0. The zero-order valence-corrected chi connectivity index (χ0v) is 10.8. The number of methoxy groups -OCH3 is 1. The Labute approximate surface area is 98.0 Å². The Balaban J connectivity index is 2.38. The van der Waals surface area contributed by atoms with Crippen molar-refractivity contribution in [3.63, 3.8) is 0 Å². The monoisotopic (exact) mass is 250 g/mol. The van der Waals surface area contributed by atoms with Gasteiger partial charge in [-0.2, -0.15) is 0 Å². The van der Waals surface area contributed by atoms with E-state index in [9.17, 15) is 8.42 Å². The van der Waals surface area contributed by atoms with Gasteiger partial charge >= 0.3 is 0 Å². The van der Waals surface area contributed by atoms with E-state index in [0.29, 0.717) is 6.61 Å². The van der Waals surface area contributed by atoms with Gasteiger partial charge < -0.3 is 10.1 Å². The normalized spacial score (nSPS) is 20.9. The number of piperidine rings is 1. The molecule has 1 heterocycles. The third-order valence-corrected chi connectivity index (χ3v) is 4.38. The molecule has 1 unspecified atom stereocenters. The van der Waals surface area contributed by atoms with Crippen molar-refractivity contribution >= 4 is 10.0 Å². The Morgan fingerprint density at radius 1 is 1.44 bits per heavy atom. The van der Waals surface area contributed by atoms with Crippen molar-refractivity contribution in [1.82, 2.24) is 10.0 Å². The fourth-order valence-corrected chi connectivity index (χ4v) is 3.73. The molecule has 1 saturated heterocycles. The van der Waals surface area contributed by atoms with E-state index >= 15 is 0 Å². The molecule has 96 valence electrons. The summed E-state index contributed by atoms with van der Waals surface area (Å²) in [5.41, 5.74) is 0. The molecule has 1 aliphatic heterocycles. The summed E-state index contributed by atoms with van der Waals surface area (Å²) in [6, 6.07) is -0.156. The van der Waals surface area contributed by atoms with Crippen LogP contribution in [0.1, 0.15) is 19.8 Å². The molecular weight excluding hydrogens is 228 g/mol. The number of rotatable bonds is 6. The Bertz CT molecular complexity index is 286. The second-order valence-corrected chi connectivity index (χ2v) is 6.25. The second kappa shape index (κ2) is 6.54. The first-order valence-electron chi connectivity index (χ1n) is 5.73. The highest BCUT2D eigenvalue weighted by Gasteiger charge is 2.22. The van der Waals surface area contributed by atoms with E-state index in [1.807, 2.05) is 6.92 Å². The number of nitrogens with one attached hydrogen (secondary N) is 2. The van der Waals surface area contributed by atoms with Gasteiger partial charge in [-0.25, -0.2) is 13.1 Å². The molecule has 0 amide bonds. The molecule has 0 saturated carbocycles. The predicted octanol–water partition coefficient (Wildman–Crippen LogP) is -0.0597. The molecule has 16 heavy (non-hydrogen) atoms. The Morgan fingerprint density at radius 3 is 2.62 bits per heavy atom. The minimum atomic E-state index is -3.16. The van der Waals surface area contributed by atoms with Gasteiger partial charge in [0.15, 0.2) is 0 Å². The third kappa shape index (κ3) is 5.25. The fourth-order valence-electron chi connectivity index (χ4n) is 2.00. The molecule has 5 nitrogen and oxygen atoms in total. The fraction of sp³-hybridized carbons (Fsp3) is 1.00. The second-order valence-electron chi connectivity index (χ2n) is 4.45. The van der Waals surface area contributed by atoms with Crippen LogP contribution in [0.15, 0.2) is 0 Å². The van der Waals surface area contributed by atoms with Crippen LogP contribution in [-0.2, 0) is 14.8 Å². The molecule has 0 aromatic rings. The van der Waals surface area contributed by atoms with Crippen LogP contribution in [0, 0.1) is 5.92 Å². The maximum Gasteiger partial charge on any atom is 0.212 e. The van der Waals surface area contributed by atoms with E-state index in [1.165, 1.54) is 0 Å². The number of sulfonamides is 1. The molecule has 1 aliphatic rings. The molecule has 1 fully saturated rings. The Kier molecular flexibility index (Phi) is 5.68. The Morgan fingerprint density at radius 2 is 2.06 bits per heavy atom. The first-order valence-corrected chi connectivity index (χ1v) is 7.38. The van der Waals surface area contributed by atoms with Gasteiger partial charge in [-0.15, -0.1) is 0 Å². The molecule has 0 aromatic heterocycles. The predicted molar refractivity (Wildman–Crippen MR) is 63.9 cm³/mol. The highest BCUT2D eigenvalue weighted by molar-refractivity contribution is 7.89. The number of ether oxygens (including phenoxy) is 1. The van der Waals surface area contributed by atoms with E-state index in [0.717, 1.165) is 25.9 Å². The van der Waals surface area contributed by atoms with Gasteiger partial charge in [-0.1, -0.05) is 0 Å². The van der Waals surface area contributed by atoms with Gasteiger partial charge in [-0.3, -0.25) is 0 Å². The highest BCUT2D eigenvalue weighted by Crippen LogP contribution is 2.13. The molecular formula is C10H22N2O3S. The van der Waals surface area contributed by atoms with E-state index in [4.69, 9.17) is 4.74 Å². The summed E-state index contributed by atoms with van der Waals surface area (Å²) in [6.45, 7) is 4.07. The summed E-state index contributed by atoms with van der Waals surface area (Å²) in [5.74, 6) is 0.524. The molecule has 0 aliphatic carbocycles. The highest BCUT2D eigenvalue weighted by atomic mass is 32.2. The molecule has 1 rings (SSSR count). The third-order valence-electron chi connectivity index (χ3n) is 2.71. The van der Waals surface area contributed by atoms with Crippen molar-refractivity contribution in [1.29, 1.82) is 0 Å². The van der Waals surface area contributed by atoms with Crippen molar-refractivity contribution in [3.8, 4) is 0 Å². The quantitative estimate of drug-likeness (QED) is 0.693. The van der Waals surface area contributed by atoms with Crippen LogP contribution in [0.25, 0.3) is 0 Å². The van der Waals surface area contributed by atoms with Gasteiger partial charge in [0.2, 0.25) is 10.0 Å². The summed E-state index contributed by atoms with van der Waals surface area (Å²) >= 11 is 0. The lowest BCUT2D eigenvalue weighted by atomic mass is 10.0. The zero-order valence-electron chi connectivity index (χ0n) is 10.0. The number of hydrogen-bond acceptors (Lipinski definition) is 4. The van der Waals surface area contributed by atoms with Crippen molar-refractivity contribution in [2.45, 2.75) is 25.8 Å². The first kappa shape index (κ1) is 13.9. The van der Waals surface area contributed by atoms with Crippen molar-refractivity contribution < 1.29 is 13.2 Å². The standard InChI is InChI=1S/C10H22N2O3S/c1-9(7-15-2)12-16(13,14)8-10-3-5-11-6-4-10/h9-12H,3-8H2,1-2H3. The van der Waals surface area contributed by atoms with Crippen molar-refractivity contribution in [2.24, 2.45) is 5.92 Å². The smallest absolute Gasteiger partial charge is 0.212 e. The molecule has 0 spiro atoms. The van der Waals surface area contributed by atoms with Gasteiger partial charge in [-0.05, 0) is 38.8 Å². The lowest BCUT2D eigenvalue weighted by molar-refractivity contribution is 0.180. The van der Waals surface area contributed by atoms with Crippen LogP contribution in [0.4, 0.5) is 0 Å². The average molecular weight is 250 g/mol. The lowest BCUT2D eigenvalue weighted by Gasteiger charge is -2.23.